The number of amides is 2. The first-order valence-electron chi connectivity index (χ1n) is 11.7. The van der Waals surface area contributed by atoms with Crippen LogP contribution in [-0.2, 0) is 31.4 Å². The van der Waals surface area contributed by atoms with Crippen LogP contribution in [0.5, 0.6) is 0 Å². The van der Waals surface area contributed by atoms with Crippen molar-refractivity contribution in [3.05, 3.63) is 111 Å². The van der Waals surface area contributed by atoms with Crippen LogP contribution in [0.25, 0.3) is 11.0 Å². The van der Waals surface area contributed by atoms with Gasteiger partial charge in [-0.1, -0.05) is 54.6 Å². The third-order valence-electron chi connectivity index (χ3n) is 6.59. The molecule has 1 aliphatic rings. The number of hydrogen-bond donors (Lipinski definition) is 1. The average molecular weight is 483 g/mol. The van der Waals surface area contributed by atoms with Gasteiger partial charge in [0.15, 0.2) is 0 Å². The molecule has 0 aliphatic carbocycles. The maximum Gasteiger partial charge on any atom is 0.410 e. The van der Waals surface area contributed by atoms with E-state index in [-0.39, 0.29) is 23.8 Å². The second-order valence-electron chi connectivity index (χ2n) is 8.80. The van der Waals surface area contributed by atoms with Crippen molar-refractivity contribution < 1.29 is 14.3 Å². The number of benzene rings is 3. The molecule has 2 heterocycles. The molecule has 2 amide bonds. The van der Waals surface area contributed by atoms with E-state index in [1.54, 1.807) is 37.2 Å². The van der Waals surface area contributed by atoms with Gasteiger partial charge in [0.05, 0.1) is 17.1 Å². The van der Waals surface area contributed by atoms with Gasteiger partial charge >= 0.3 is 6.09 Å². The quantitative estimate of drug-likeness (QED) is 0.479. The Morgan fingerprint density at radius 2 is 1.75 bits per heavy atom. The summed E-state index contributed by atoms with van der Waals surface area (Å²) in [5, 5.41) is 2.59. The smallest absolute Gasteiger partial charge is 0.410 e. The average Bonchev–Trinajstić information content (AvgIpc) is 2.92. The van der Waals surface area contributed by atoms with E-state index >= 15 is 0 Å². The number of ether oxygens (including phenoxy) is 1. The van der Waals surface area contributed by atoms with Gasteiger partial charge in [0.1, 0.15) is 12.3 Å². The minimum atomic E-state index is -0.593. The number of fused-ring (bicyclic) bond motifs is 2. The molecule has 182 valence electrons. The first kappa shape index (κ1) is 23.3. The van der Waals surface area contributed by atoms with Crippen LogP contribution in [-0.4, -0.2) is 33.5 Å². The fourth-order valence-electron chi connectivity index (χ4n) is 4.61. The summed E-state index contributed by atoms with van der Waals surface area (Å²) in [5.74, 6) is -0.246. The maximum atomic E-state index is 13.5. The Balaban J connectivity index is 1.54. The number of rotatable bonds is 4. The fourth-order valence-corrected chi connectivity index (χ4v) is 4.61. The Hall–Kier alpha value is -4.46. The minimum absolute atomic E-state index is 0.135. The van der Waals surface area contributed by atoms with Crippen molar-refractivity contribution in [1.29, 1.82) is 0 Å². The molecule has 1 aromatic heterocycles. The van der Waals surface area contributed by atoms with E-state index in [4.69, 9.17) is 9.72 Å². The monoisotopic (exact) mass is 482 g/mol. The molecule has 1 aliphatic heterocycles. The largest absolute Gasteiger partial charge is 0.445 e. The molecule has 3 aromatic carbocycles. The van der Waals surface area contributed by atoms with Gasteiger partial charge in [-0.15, -0.1) is 0 Å². The van der Waals surface area contributed by atoms with E-state index in [9.17, 15) is 14.4 Å². The van der Waals surface area contributed by atoms with E-state index in [1.807, 2.05) is 54.6 Å². The van der Waals surface area contributed by atoms with Crippen LogP contribution in [0.1, 0.15) is 38.8 Å². The molecule has 0 spiro atoms. The number of nitrogens with one attached hydrogen (secondary N) is 1. The van der Waals surface area contributed by atoms with Crippen LogP contribution >= 0.6 is 0 Å². The number of aromatic nitrogens is 2. The van der Waals surface area contributed by atoms with Crippen LogP contribution in [0.15, 0.2) is 77.6 Å². The lowest BCUT2D eigenvalue weighted by Crippen LogP contribution is -2.42. The Kier molecular flexibility index (Phi) is 6.25. The van der Waals surface area contributed by atoms with E-state index in [2.05, 4.69) is 5.32 Å². The van der Waals surface area contributed by atoms with Gasteiger partial charge in [-0.25, -0.2) is 9.78 Å². The summed E-state index contributed by atoms with van der Waals surface area (Å²) >= 11 is 0. The van der Waals surface area contributed by atoms with Crippen molar-refractivity contribution in [3.8, 4) is 0 Å². The summed E-state index contributed by atoms with van der Waals surface area (Å²) in [6.07, 6.45) is -0.0574. The third-order valence-corrected chi connectivity index (χ3v) is 6.59. The van der Waals surface area contributed by atoms with Crippen LogP contribution < -0.4 is 10.9 Å². The number of carbonyl (C=O) groups is 2. The van der Waals surface area contributed by atoms with Gasteiger partial charge in [-0.3, -0.25) is 14.5 Å². The van der Waals surface area contributed by atoms with Gasteiger partial charge in [0, 0.05) is 26.2 Å². The molecule has 0 saturated heterocycles. The first-order valence-corrected chi connectivity index (χ1v) is 11.7. The topological polar surface area (TPSA) is 93.5 Å². The van der Waals surface area contributed by atoms with Crippen molar-refractivity contribution in [2.24, 2.45) is 7.05 Å². The lowest BCUT2D eigenvalue weighted by Gasteiger charge is -2.35. The van der Waals surface area contributed by atoms with E-state index in [0.29, 0.717) is 29.6 Å². The Bertz CT molecular complexity index is 1510. The van der Waals surface area contributed by atoms with Crippen LogP contribution in [0.3, 0.4) is 0 Å². The Morgan fingerprint density at radius 3 is 2.50 bits per heavy atom. The van der Waals surface area contributed by atoms with E-state index in [0.717, 1.165) is 16.7 Å². The summed E-state index contributed by atoms with van der Waals surface area (Å²) < 4.78 is 7.14. The molecular formula is C28H26N4O4. The minimum Gasteiger partial charge on any atom is -0.445 e. The van der Waals surface area contributed by atoms with Gasteiger partial charge in [-0.05, 0) is 41.3 Å². The predicted molar refractivity (Wildman–Crippen MR) is 135 cm³/mol. The van der Waals surface area contributed by atoms with Crippen molar-refractivity contribution in [3.63, 3.8) is 0 Å². The summed E-state index contributed by atoms with van der Waals surface area (Å²) in [7, 11) is 3.21. The lowest BCUT2D eigenvalue weighted by atomic mass is 9.92. The molecule has 5 rings (SSSR count). The molecule has 0 radical (unpaired) electrons. The van der Waals surface area contributed by atoms with Crippen molar-refractivity contribution in [1.82, 2.24) is 19.8 Å². The Morgan fingerprint density at radius 1 is 1.03 bits per heavy atom. The highest BCUT2D eigenvalue weighted by Gasteiger charge is 2.35. The normalized spacial score (nSPS) is 14.8. The molecular weight excluding hydrogens is 456 g/mol. The molecule has 4 aromatic rings. The zero-order valence-corrected chi connectivity index (χ0v) is 20.1. The molecule has 36 heavy (non-hydrogen) atoms. The summed E-state index contributed by atoms with van der Waals surface area (Å²) in [5.41, 5.74) is 4.45. The van der Waals surface area contributed by atoms with Gasteiger partial charge in [-0.2, -0.15) is 0 Å². The summed E-state index contributed by atoms with van der Waals surface area (Å²) in [6.45, 7) is 0.447. The second kappa shape index (κ2) is 9.65. The molecule has 1 N–H and O–H groups in total. The predicted octanol–water partition coefficient (Wildman–Crippen LogP) is 3.73. The molecule has 1 atom stereocenters. The Labute approximate surface area is 208 Å². The highest BCUT2D eigenvalue weighted by molar-refractivity contribution is 5.97. The maximum absolute atomic E-state index is 13.5. The van der Waals surface area contributed by atoms with E-state index in [1.165, 1.54) is 4.57 Å². The molecule has 0 bridgehead atoms. The number of aryl methyl sites for hydroxylation is 1. The molecule has 0 saturated carbocycles. The summed E-state index contributed by atoms with van der Waals surface area (Å²) in [6, 6.07) is 21.8. The van der Waals surface area contributed by atoms with Crippen molar-refractivity contribution in [2.75, 3.05) is 7.05 Å². The van der Waals surface area contributed by atoms with Crippen molar-refractivity contribution in [2.45, 2.75) is 25.6 Å². The van der Waals surface area contributed by atoms with E-state index < -0.39 is 12.1 Å². The van der Waals surface area contributed by atoms with Gasteiger partial charge in [0.25, 0.3) is 11.5 Å². The van der Waals surface area contributed by atoms with Gasteiger partial charge < -0.3 is 14.6 Å². The van der Waals surface area contributed by atoms with Crippen molar-refractivity contribution >= 4 is 23.0 Å². The molecule has 0 fully saturated rings. The SMILES string of the molecule is CNC(=O)c1ccc2nc(C3Cc4ccccc4CN3C(=O)OCc3ccccc3)c(=O)n(C)c2c1. The molecule has 8 nitrogen and oxygen atoms in total. The lowest BCUT2D eigenvalue weighted by molar-refractivity contribution is 0.0716. The molecule has 1 unspecified atom stereocenters. The summed E-state index contributed by atoms with van der Waals surface area (Å²) in [4.78, 5) is 45.2. The third kappa shape index (κ3) is 4.33. The van der Waals surface area contributed by atoms with Crippen LogP contribution in [0, 0.1) is 0 Å². The number of nitrogens with zero attached hydrogens (tertiary/aromatic N) is 3. The second-order valence-corrected chi connectivity index (χ2v) is 8.80. The standard InChI is InChI=1S/C28H26N4O4/c1-29-26(33)20-12-13-22-23(15-20)31(2)27(34)25(30-22)24-14-19-10-6-7-11-21(19)16-32(24)28(35)36-17-18-8-4-3-5-9-18/h3-13,15,24H,14,16-17H2,1-2H3,(H,29,33). The first-order chi connectivity index (χ1) is 17.5. The highest BCUT2D eigenvalue weighted by Crippen LogP contribution is 2.32. The molecule has 8 heteroatoms. The van der Waals surface area contributed by atoms with Crippen LogP contribution in [0.4, 0.5) is 4.79 Å². The number of hydrogen-bond acceptors (Lipinski definition) is 5. The van der Waals surface area contributed by atoms with Gasteiger partial charge in [0.2, 0.25) is 0 Å². The zero-order valence-electron chi connectivity index (χ0n) is 20.1. The fraction of sp³-hybridized carbons (Fsp3) is 0.214. The number of carbonyl (C=O) groups excluding carboxylic acids is 2. The highest BCUT2D eigenvalue weighted by atomic mass is 16.6. The zero-order chi connectivity index (χ0) is 25.2. The van der Waals surface area contributed by atoms with Crippen LogP contribution in [0.2, 0.25) is 0 Å².